The second-order valence-corrected chi connectivity index (χ2v) is 6.02. The zero-order valence-corrected chi connectivity index (χ0v) is 10.6. The minimum Gasteiger partial charge on any atom is -0.341 e. The molecule has 1 aliphatic heterocycles. The Morgan fingerprint density at radius 2 is 2.12 bits per heavy atom. The molecular weight excluding hydrogens is 200 g/mol. The molecule has 16 heavy (non-hydrogen) atoms. The molecule has 1 N–H and O–H groups in total. The van der Waals surface area contributed by atoms with E-state index in [1.54, 1.807) is 0 Å². The topological polar surface area (TPSA) is 32.3 Å². The predicted octanol–water partition coefficient (Wildman–Crippen LogP) is 1.78. The number of carbonyl (C=O) groups excluding carboxylic acids is 1. The highest BCUT2D eigenvalue weighted by Gasteiger charge is 2.27. The molecule has 0 spiro atoms. The van der Waals surface area contributed by atoms with Crippen molar-refractivity contribution in [3.8, 4) is 0 Å². The van der Waals surface area contributed by atoms with Gasteiger partial charge in [-0.15, -0.1) is 0 Å². The van der Waals surface area contributed by atoms with Gasteiger partial charge in [0.05, 0.1) is 0 Å². The van der Waals surface area contributed by atoms with Crippen molar-refractivity contribution in [2.75, 3.05) is 19.6 Å². The summed E-state index contributed by atoms with van der Waals surface area (Å²) in [7, 11) is 0. The molecular formula is C13H24N2O. The first kappa shape index (κ1) is 11.9. The minimum absolute atomic E-state index is 0.342. The second kappa shape index (κ2) is 4.74. The van der Waals surface area contributed by atoms with Gasteiger partial charge < -0.3 is 10.2 Å². The molecule has 0 atom stereocenters. The molecule has 3 nitrogen and oxygen atoms in total. The average molecular weight is 224 g/mol. The lowest BCUT2D eigenvalue weighted by molar-refractivity contribution is -0.130. The van der Waals surface area contributed by atoms with E-state index in [0.717, 1.165) is 44.9 Å². The van der Waals surface area contributed by atoms with Crippen LogP contribution in [-0.2, 0) is 4.79 Å². The van der Waals surface area contributed by atoms with Crippen LogP contribution in [0.2, 0.25) is 0 Å². The number of amides is 1. The van der Waals surface area contributed by atoms with Crippen molar-refractivity contribution in [2.24, 2.45) is 5.41 Å². The standard InChI is InChI=1S/C13H24N2O/c1-13(2)6-5-12(16)15(9-7-13)10-8-14-11-3-4-11/h11,14H,3-10H2,1-2H3. The third kappa shape index (κ3) is 3.48. The second-order valence-electron chi connectivity index (χ2n) is 6.02. The highest BCUT2D eigenvalue weighted by molar-refractivity contribution is 5.76. The summed E-state index contributed by atoms with van der Waals surface area (Å²) >= 11 is 0. The summed E-state index contributed by atoms with van der Waals surface area (Å²) < 4.78 is 0. The van der Waals surface area contributed by atoms with Gasteiger partial charge in [0.1, 0.15) is 0 Å². The van der Waals surface area contributed by atoms with E-state index in [9.17, 15) is 4.79 Å². The summed E-state index contributed by atoms with van der Waals surface area (Å²) in [4.78, 5) is 13.9. The number of nitrogens with one attached hydrogen (secondary N) is 1. The first-order chi connectivity index (χ1) is 7.57. The normalized spacial score (nSPS) is 25.6. The van der Waals surface area contributed by atoms with Gasteiger partial charge in [-0.25, -0.2) is 0 Å². The summed E-state index contributed by atoms with van der Waals surface area (Å²) in [5, 5.41) is 3.47. The van der Waals surface area contributed by atoms with Gasteiger partial charge in [0.2, 0.25) is 5.91 Å². The van der Waals surface area contributed by atoms with Crippen LogP contribution < -0.4 is 5.32 Å². The molecule has 0 radical (unpaired) electrons. The van der Waals surface area contributed by atoms with Gasteiger partial charge in [-0.3, -0.25) is 4.79 Å². The van der Waals surface area contributed by atoms with Crippen molar-refractivity contribution in [1.29, 1.82) is 0 Å². The molecule has 92 valence electrons. The molecule has 0 aromatic rings. The monoisotopic (exact) mass is 224 g/mol. The van der Waals surface area contributed by atoms with E-state index in [2.05, 4.69) is 19.2 Å². The first-order valence-corrected chi connectivity index (χ1v) is 6.58. The molecule has 1 saturated heterocycles. The smallest absolute Gasteiger partial charge is 0.222 e. The molecule has 1 amide bonds. The maximum absolute atomic E-state index is 11.9. The van der Waals surface area contributed by atoms with E-state index in [1.165, 1.54) is 12.8 Å². The Labute approximate surface area is 98.6 Å². The Morgan fingerprint density at radius 3 is 2.81 bits per heavy atom. The van der Waals surface area contributed by atoms with Crippen molar-refractivity contribution >= 4 is 5.91 Å². The van der Waals surface area contributed by atoms with Gasteiger partial charge in [0, 0.05) is 32.1 Å². The van der Waals surface area contributed by atoms with E-state index >= 15 is 0 Å². The molecule has 0 aromatic heterocycles. The fourth-order valence-corrected chi connectivity index (χ4v) is 2.22. The fourth-order valence-electron chi connectivity index (χ4n) is 2.22. The lowest BCUT2D eigenvalue weighted by atomic mass is 9.85. The average Bonchev–Trinajstić information content (AvgIpc) is 3.03. The fraction of sp³-hybridized carbons (Fsp3) is 0.923. The van der Waals surface area contributed by atoms with Crippen LogP contribution in [-0.4, -0.2) is 36.5 Å². The zero-order valence-electron chi connectivity index (χ0n) is 10.6. The number of hydrogen-bond acceptors (Lipinski definition) is 2. The molecule has 0 bridgehead atoms. The number of nitrogens with zero attached hydrogens (tertiary/aromatic N) is 1. The predicted molar refractivity (Wildman–Crippen MR) is 65.2 cm³/mol. The Bertz CT molecular complexity index is 259. The van der Waals surface area contributed by atoms with Crippen LogP contribution in [0.5, 0.6) is 0 Å². The van der Waals surface area contributed by atoms with E-state index < -0.39 is 0 Å². The SMILES string of the molecule is CC1(C)CCC(=O)N(CCNC2CC2)CC1. The van der Waals surface area contributed by atoms with Crippen LogP contribution in [0.25, 0.3) is 0 Å². The van der Waals surface area contributed by atoms with E-state index in [4.69, 9.17) is 0 Å². The highest BCUT2D eigenvalue weighted by atomic mass is 16.2. The van der Waals surface area contributed by atoms with Crippen LogP contribution in [0.3, 0.4) is 0 Å². The summed E-state index contributed by atoms with van der Waals surface area (Å²) in [6.45, 7) is 7.35. The van der Waals surface area contributed by atoms with Gasteiger partial charge in [-0.2, -0.15) is 0 Å². The van der Waals surface area contributed by atoms with E-state index in [0.29, 0.717) is 11.3 Å². The van der Waals surface area contributed by atoms with Crippen molar-refractivity contribution in [3.05, 3.63) is 0 Å². The maximum atomic E-state index is 11.9. The van der Waals surface area contributed by atoms with Crippen molar-refractivity contribution < 1.29 is 4.79 Å². The molecule has 2 rings (SSSR count). The summed E-state index contributed by atoms with van der Waals surface area (Å²) in [6.07, 6.45) is 5.55. The highest BCUT2D eigenvalue weighted by Crippen LogP contribution is 2.30. The van der Waals surface area contributed by atoms with Crippen LogP contribution in [0.1, 0.15) is 46.0 Å². The molecule has 3 heteroatoms. The Morgan fingerprint density at radius 1 is 1.38 bits per heavy atom. The molecule has 0 aromatic carbocycles. The lowest BCUT2D eigenvalue weighted by Crippen LogP contribution is -2.37. The molecule has 2 aliphatic rings. The van der Waals surface area contributed by atoms with Crippen LogP contribution >= 0.6 is 0 Å². The first-order valence-electron chi connectivity index (χ1n) is 6.58. The maximum Gasteiger partial charge on any atom is 0.222 e. The Kier molecular flexibility index (Phi) is 3.53. The summed E-state index contributed by atoms with van der Waals surface area (Å²) in [6, 6.07) is 0.749. The number of hydrogen-bond donors (Lipinski definition) is 1. The molecule has 2 fully saturated rings. The zero-order chi connectivity index (χ0) is 11.6. The van der Waals surface area contributed by atoms with E-state index in [-0.39, 0.29) is 0 Å². The molecule has 1 aliphatic carbocycles. The largest absolute Gasteiger partial charge is 0.341 e. The van der Waals surface area contributed by atoms with Crippen molar-refractivity contribution in [3.63, 3.8) is 0 Å². The number of likely N-dealkylation sites (tertiary alicyclic amines) is 1. The third-order valence-corrected chi connectivity index (χ3v) is 3.82. The van der Waals surface area contributed by atoms with Gasteiger partial charge >= 0.3 is 0 Å². The lowest BCUT2D eigenvalue weighted by Gasteiger charge is -2.23. The van der Waals surface area contributed by atoms with Gasteiger partial charge in [-0.05, 0) is 31.1 Å². The number of carbonyl (C=O) groups is 1. The Hall–Kier alpha value is -0.570. The third-order valence-electron chi connectivity index (χ3n) is 3.82. The number of rotatable bonds is 4. The van der Waals surface area contributed by atoms with Crippen molar-refractivity contribution in [2.45, 2.75) is 52.0 Å². The molecule has 1 saturated carbocycles. The van der Waals surface area contributed by atoms with Gasteiger partial charge in [0.25, 0.3) is 0 Å². The minimum atomic E-state index is 0.342. The van der Waals surface area contributed by atoms with Gasteiger partial charge in [0.15, 0.2) is 0 Å². The van der Waals surface area contributed by atoms with Crippen LogP contribution in [0.4, 0.5) is 0 Å². The van der Waals surface area contributed by atoms with Crippen LogP contribution in [0.15, 0.2) is 0 Å². The van der Waals surface area contributed by atoms with E-state index in [1.807, 2.05) is 4.90 Å². The Balaban J connectivity index is 1.75. The quantitative estimate of drug-likeness (QED) is 0.789. The van der Waals surface area contributed by atoms with Crippen LogP contribution in [0, 0.1) is 5.41 Å². The summed E-state index contributed by atoms with van der Waals surface area (Å²) in [5.41, 5.74) is 0.342. The van der Waals surface area contributed by atoms with Crippen molar-refractivity contribution in [1.82, 2.24) is 10.2 Å². The molecule has 0 unspecified atom stereocenters. The molecule has 1 heterocycles. The van der Waals surface area contributed by atoms with Gasteiger partial charge in [-0.1, -0.05) is 13.8 Å². The summed E-state index contributed by atoms with van der Waals surface area (Å²) in [5.74, 6) is 0.350.